The number of rotatable bonds is 6. The first-order valence-corrected chi connectivity index (χ1v) is 9.10. The zero-order valence-electron chi connectivity index (χ0n) is 15.1. The minimum absolute atomic E-state index is 0.0626. The topological polar surface area (TPSA) is 93.0 Å². The fourth-order valence-corrected chi connectivity index (χ4v) is 3.54. The van der Waals surface area contributed by atoms with Crippen LogP contribution < -0.4 is 11.2 Å². The van der Waals surface area contributed by atoms with E-state index >= 15 is 0 Å². The molecular formula is C18H25N5O3. The maximum absolute atomic E-state index is 12.7. The van der Waals surface area contributed by atoms with Crippen molar-refractivity contribution in [1.82, 2.24) is 24.0 Å². The van der Waals surface area contributed by atoms with Gasteiger partial charge in [0.15, 0.2) is 0 Å². The number of aromatic amines is 1. The number of amides is 1. The van der Waals surface area contributed by atoms with Gasteiger partial charge in [0.05, 0.1) is 0 Å². The molecule has 0 aromatic carbocycles. The number of carbonyl (C=O) groups excluding carboxylic acids is 1. The Labute approximate surface area is 151 Å². The number of hydrogen-bond acceptors (Lipinski definition) is 4. The zero-order chi connectivity index (χ0) is 18.5. The molecule has 1 N–H and O–H groups in total. The minimum atomic E-state index is -0.477. The summed E-state index contributed by atoms with van der Waals surface area (Å²) in [5, 5.41) is 0. The molecule has 3 heterocycles. The Kier molecular flexibility index (Phi) is 5.70. The average Bonchev–Trinajstić information content (AvgIpc) is 3.04. The van der Waals surface area contributed by atoms with Gasteiger partial charge in [0.25, 0.3) is 5.56 Å². The molecule has 140 valence electrons. The van der Waals surface area contributed by atoms with Crippen molar-refractivity contribution in [2.24, 2.45) is 7.05 Å². The van der Waals surface area contributed by atoms with Crippen molar-refractivity contribution in [3.05, 3.63) is 51.3 Å². The molecule has 0 bridgehead atoms. The number of nitrogens with zero attached hydrogens (tertiary/aromatic N) is 4. The van der Waals surface area contributed by atoms with Gasteiger partial charge in [-0.25, -0.2) is 9.78 Å². The van der Waals surface area contributed by atoms with Crippen molar-refractivity contribution >= 4 is 5.91 Å². The van der Waals surface area contributed by atoms with Crippen LogP contribution in [0.4, 0.5) is 0 Å². The molecule has 2 aromatic rings. The highest BCUT2D eigenvalue weighted by Gasteiger charge is 2.26. The predicted molar refractivity (Wildman–Crippen MR) is 96.8 cm³/mol. The average molecular weight is 359 g/mol. The molecular weight excluding hydrogens is 334 g/mol. The molecule has 1 amide bonds. The van der Waals surface area contributed by atoms with Crippen LogP contribution in [0.15, 0.2) is 34.2 Å². The Hall–Kier alpha value is -2.64. The number of nitrogens with one attached hydrogen (secondary N) is 1. The Morgan fingerprint density at radius 3 is 2.88 bits per heavy atom. The van der Waals surface area contributed by atoms with Gasteiger partial charge in [0.2, 0.25) is 5.91 Å². The fraction of sp³-hybridized carbons (Fsp3) is 0.556. The third-order valence-corrected chi connectivity index (χ3v) is 5.03. The van der Waals surface area contributed by atoms with Crippen LogP contribution in [0.1, 0.15) is 37.9 Å². The Bertz CT molecular complexity index is 866. The molecule has 8 heteroatoms. The number of aryl methyl sites for hydroxylation is 3. The molecule has 0 radical (unpaired) electrons. The van der Waals surface area contributed by atoms with E-state index in [-0.39, 0.29) is 24.9 Å². The quantitative estimate of drug-likeness (QED) is 0.821. The molecule has 26 heavy (non-hydrogen) atoms. The number of H-pyrrole nitrogens is 1. The Balaban J connectivity index is 1.59. The van der Waals surface area contributed by atoms with E-state index in [0.717, 1.165) is 44.5 Å². The SMILES string of the molecule is Cn1ccnc1CC[C@H]1CCCCN1C(=O)CCn1ccc(=O)[nH]c1=O. The minimum Gasteiger partial charge on any atom is -0.340 e. The number of likely N-dealkylation sites (tertiary alicyclic amines) is 1. The first kappa shape index (κ1) is 18.2. The molecule has 0 aliphatic carbocycles. The number of imidazole rings is 1. The van der Waals surface area contributed by atoms with E-state index in [4.69, 9.17) is 0 Å². The van der Waals surface area contributed by atoms with Gasteiger partial charge in [0.1, 0.15) is 5.82 Å². The van der Waals surface area contributed by atoms with Crippen LogP contribution in [0.25, 0.3) is 0 Å². The second kappa shape index (κ2) is 8.16. The number of piperidine rings is 1. The van der Waals surface area contributed by atoms with Crippen molar-refractivity contribution in [2.45, 2.75) is 51.1 Å². The van der Waals surface area contributed by atoms with Crippen LogP contribution in [0.5, 0.6) is 0 Å². The molecule has 1 aliphatic heterocycles. The van der Waals surface area contributed by atoms with E-state index in [9.17, 15) is 14.4 Å². The van der Waals surface area contributed by atoms with Crippen LogP contribution in [-0.4, -0.2) is 42.5 Å². The maximum Gasteiger partial charge on any atom is 0.328 e. The summed E-state index contributed by atoms with van der Waals surface area (Å²) in [6.45, 7) is 1.04. The zero-order valence-corrected chi connectivity index (χ0v) is 15.1. The summed E-state index contributed by atoms with van der Waals surface area (Å²) >= 11 is 0. The lowest BCUT2D eigenvalue weighted by molar-refractivity contribution is -0.135. The van der Waals surface area contributed by atoms with Gasteiger partial charge in [-0.3, -0.25) is 14.6 Å². The normalized spacial score (nSPS) is 17.4. The summed E-state index contributed by atoms with van der Waals surface area (Å²) in [4.78, 5) is 44.1. The fourth-order valence-electron chi connectivity index (χ4n) is 3.54. The lowest BCUT2D eigenvalue weighted by Gasteiger charge is -2.36. The third kappa shape index (κ3) is 4.30. The summed E-state index contributed by atoms with van der Waals surface area (Å²) in [5.41, 5.74) is -0.904. The van der Waals surface area contributed by atoms with Gasteiger partial charge >= 0.3 is 5.69 Å². The van der Waals surface area contributed by atoms with Crippen LogP contribution in [0.3, 0.4) is 0 Å². The summed E-state index contributed by atoms with van der Waals surface area (Å²) < 4.78 is 3.38. The third-order valence-electron chi connectivity index (χ3n) is 5.03. The van der Waals surface area contributed by atoms with Crippen molar-refractivity contribution in [3.8, 4) is 0 Å². The van der Waals surface area contributed by atoms with Crippen LogP contribution >= 0.6 is 0 Å². The van der Waals surface area contributed by atoms with Crippen LogP contribution in [-0.2, 0) is 24.8 Å². The number of aromatic nitrogens is 4. The molecule has 2 aromatic heterocycles. The highest BCUT2D eigenvalue weighted by atomic mass is 16.2. The smallest absolute Gasteiger partial charge is 0.328 e. The molecule has 0 spiro atoms. The summed E-state index contributed by atoms with van der Waals surface area (Å²) in [6, 6.07) is 1.52. The summed E-state index contributed by atoms with van der Waals surface area (Å²) in [6.07, 6.45) is 10.3. The molecule has 1 atom stereocenters. The Morgan fingerprint density at radius 2 is 2.15 bits per heavy atom. The second-order valence-electron chi connectivity index (χ2n) is 6.78. The van der Waals surface area contributed by atoms with Gasteiger partial charge in [-0.05, 0) is 25.7 Å². The molecule has 0 saturated carbocycles. The van der Waals surface area contributed by atoms with Gasteiger partial charge in [-0.15, -0.1) is 0 Å². The first-order chi connectivity index (χ1) is 12.5. The summed E-state index contributed by atoms with van der Waals surface area (Å²) in [5.74, 6) is 1.09. The maximum atomic E-state index is 12.7. The Morgan fingerprint density at radius 1 is 1.31 bits per heavy atom. The molecule has 3 rings (SSSR count). The molecule has 1 saturated heterocycles. The lowest BCUT2D eigenvalue weighted by Crippen LogP contribution is -2.44. The van der Waals surface area contributed by atoms with Crippen LogP contribution in [0.2, 0.25) is 0 Å². The van der Waals surface area contributed by atoms with Crippen LogP contribution in [0, 0.1) is 0 Å². The largest absolute Gasteiger partial charge is 0.340 e. The monoisotopic (exact) mass is 359 g/mol. The van der Waals surface area contributed by atoms with E-state index in [2.05, 4.69) is 9.97 Å². The van der Waals surface area contributed by atoms with E-state index in [1.165, 1.54) is 16.8 Å². The van der Waals surface area contributed by atoms with E-state index in [0.29, 0.717) is 0 Å². The highest BCUT2D eigenvalue weighted by molar-refractivity contribution is 5.76. The summed E-state index contributed by atoms with van der Waals surface area (Å²) in [7, 11) is 1.98. The predicted octanol–water partition coefficient (Wildman–Crippen LogP) is 0.674. The molecule has 1 fully saturated rings. The van der Waals surface area contributed by atoms with Crippen molar-refractivity contribution in [3.63, 3.8) is 0 Å². The van der Waals surface area contributed by atoms with Gasteiger partial charge in [0, 0.05) is 63.7 Å². The lowest BCUT2D eigenvalue weighted by atomic mass is 9.97. The van der Waals surface area contributed by atoms with Crippen molar-refractivity contribution < 1.29 is 4.79 Å². The highest BCUT2D eigenvalue weighted by Crippen LogP contribution is 2.22. The molecule has 1 aliphatic rings. The number of hydrogen-bond donors (Lipinski definition) is 1. The molecule has 8 nitrogen and oxygen atoms in total. The van der Waals surface area contributed by atoms with Gasteiger partial charge < -0.3 is 14.0 Å². The van der Waals surface area contributed by atoms with Crippen molar-refractivity contribution in [1.29, 1.82) is 0 Å². The number of carbonyl (C=O) groups is 1. The van der Waals surface area contributed by atoms with Gasteiger partial charge in [-0.1, -0.05) is 0 Å². The van der Waals surface area contributed by atoms with E-state index in [1.807, 2.05) is 22.7 Å². The standard InChI is InChI=1S/C18H25N5O3/c1-21-13-9-19-15(21)6-5-14-4-2-3-10-23(14)17(25)8-12-22-11-7-16(24)20-18(22)26/h7,9,11,13-14H,2-6,8,10,12H2,1H3,(H,20,24,26)/t14-/m1/s1. The van der Waals surface area contributed by atoms with E-state index in [1.54, 1.807) is 6.20 Å². The van der Waals surface area contributed by atoms with Crippen molar-refractivity contribution in [2.75, 3.05) is 6.54 Å². The second-order valence-corrected chi connectivity index (χ2v) is 6.78. The molecule has 0 unspecified atom stereocenters. The first-order valence-electron chi connectivity index (χ1n) is 9.10. The van der Waals surface area contributed by atoms with E-state index < -0.39 is 11.2 Å². The van der Waals surface area contributed by atoms with Gasteiger partial charge in [-0.2, -0.15) is 0 Å².